The third kappa shape index (κ3) is 5.65. The van der Waals surface area contributed by atoms with Crippen LogP contribution in [0.25, 0.3) is 0 Å². The van der Waals surface area contributed by atoms with Gasteiger partial charge in [-0.05, 0) is 30.7 Å². The highest BCUT2D eigenvalue weighted by atomic mass is 16.6. The molecule has 8 nitrogen and oxygen atoms in total. The SMILES string of the molecule is COCCOC(=O)C1C(=O)C=C(C)C(C(=O)OCCOC)C1c1ccc(O)cc1. The molecule has 0 spiro atoms. The molecule has 1 aliphatic rings. The molecule has 158 valence electrons. The Morgan fingerprint density at radius 1 is 0.897 bits per heavy atom. The van der Waals surface area contributed by atoms with E-state index in [1.807, 2.05) is 0 Å². The fraction of sp³-hybridized carbons (Fsp3) is 0.476. The summed E-state index contributed by atoms with van der Waals surface area (Å²) in [4.78, 5) is 38.3. The Hall–Kier alpha value is -2.71. The van der Waals surface area contributed by atoms with Crippen molar-refractivity contribution >= 4 is 17.7 Å². The molecule has 0 saturated carbocycles. The molecule has 0 fully saturated rings. The van der Waals surface area contributed by atoms with Crippen molar-refractivity contribution in [1.29, 1.82) is 0 Å². The van der Waals surface area contributed by atoms with E-state index < -0.39 is 35.5 Å². The van der Waals surface area contributed by atoms with E-state index in [-0.39, 0.29) is 32.2 Å². The first-order valence-electron chi connectivity index (χ1n) is 9.22. The molecule has 1 aromatic carbocycles. The predicted molar refractivity (Wildman–Crippen MR) is 102 cm³/mol. The molecule has 0 saturated heterocycles. The van der Waals surface area contributed by atoms with Crippen molar-refractivity contribution in [3.05, 3.63) is 41.5 Å². The van der Waals surface area contributed by atoms with E-state index in [4.69, 9.17) is 18.9 Å². The molecule has 0 radical (unpaired) electrons. The van der Waals surface area contributed by atoms with E-state index in [0.717, 1.165) is 0 Å². The standard InChI is InChI=1S/C21H26O8/c1-13-12-16(23)19(21(25)29-11-9-27-3)18(14-4-6-15(22)7-5-14)17(13)20(24)28-10-8-26-2/h4-7,12,17-19,22H,8-11H2,1-3H3. The summed E-state index contributed by atoms with van der Waals surface area (Å²) < 4.78 is 20.3. The van der Waals surface area contributed by atoms with Gasteiger partial charge in [0.15, 0.2) is 5.78 Å². The second kappa shape index (κ2) is 10.7. The maximum Gasteiger partial charge on any atom is 0.317 e. The van der Waals surface area contributed by atoms with Crippen LogP contribution in [-0.4, -0.2) is 63.5 Å². The summed E-state index contributed by atoms with van der Waals surface area (Å²) in [6, 6.07) is 6.04. The van der Waals surface area contributed by atoms with Gasteiger partial charge in [-0.15, -0.1) is 0 Å². The minimum atomic E-state index is -1.21. The first-order chi connectivity index (χ1) is 13.9. The molecule has 3 atom stereocenters. The van der Waals surface area contributed by atoms with Crippen LogP contribution in [0, 0.1) is 11.8 Å². The van der Waals surface area contributed by atoms with Gasteiger partial charge in [-0.2, -0.15) is 0 Å². The van der Waals surface area contributed by atoms with E-state index in [1.54, 1.807) is 19.1 Å². The summed E-state index contributed by atoms with van der Waals surface area (Å²) >= 11 is 0. The van der Waals surface area contributed by atoms with Crippen LogP contribution >= 0.6 is 0 Å². The number of carbonyl (C=O) groups excluding carboxylic acids is 3. The molecule has 29 heavy (non-hydrogen) atoms. The average molecular weight is 406 g/mol. The number of aromatic hydroxyl groups is 1. The van der Waals surface area contributed by atoms with Gasteiger partial charge < -0.3 is 24.1 Å². The van der Waals surface area contributed by atoms with E-state index in [0.29, 0.717) is 11.1 Å². The number of allylic oxidation sites excluding steroid dienone is 1. The second-order valence-electron chi connectivity index (χ2n) is 6.68. The summed E-state index contributed by atoms with van der Waals surface area (Å²) in [5.74, 6) is -4.59. The topological polar surface area (TPSA) is 108 Å². The maximum absolute atomic E-state index is 12.8. The Labute approximate surface area is 169 Å². The largest absolute Gasteiger partial charge is 0.508 e. The molecule has 1 aliphatic carbocycles. The highest BCUT2D eigenvalue weighted by Crippen LogP contribution is 2.42. The molecule has 0 heterocycles. The number of phenols is 1. The Balaban J connectivity index is 2.41. The van der Waals surface area contributed by atoms with Crippen molar-refractivity contribution in [2.24, 2.45) is 11.8 Å². The van der Waals surface area contributed by atoms with Gasteiger partial charge >= 0.3 is 11.9 Å². The minimum absolute atomic E-state index is 0.00689. The summed E-state index contributed by atoms with van der Waals surface area (Å²) in [5.41, 5.74) is 1.04. The second-order valence-corrected chi connectivity index (χ2v) is 6.68. The lowest BCUT2D eigenvalue weighted by molar-refractivity contribution is -0.156. The van der Waals surface area contributed by atoms with Gasteiger partial charge in [-0.25, -0.2) is 0 Å². The predicted octanol–water partition coefficient (Wildman–Crippen LogP) is 1.62. The fourth-order valence-corrected chi connectivity index (χ4v) is 3.36. The summed E-state index contributed by atoms with van der Waals surface area (Å²) in [5, 5.41) is 9.61. The van der Waals surface area contributed by atoms with Gasteiger partial charge in [0.25, 0.3) is 0 Å². The summed E-state index contributed by atoms with van der Waals surface area (Å²) in [7, 11) is 2.96. The molecular formula is C21H26O8. The van der Waals surface area contributed by atoms with Crippen LogP contribution in [0.3, 0.4) is 0 Å². The van der Waals surface area contributed by atoms with Crippen LogP contribution in [0.5, 0.6) is 5.75 Å². The van der Waals surface area contributed by atoms with Crippen molar-refractivity contribution in [3.8, 4) is 5.75 Å². The first kappa shape index (κ1) is 22.6. The first-order valence-corrected chi connectivity index (χ1v) is 9.22. The number of hydrogen-bond acceptors (Lipinski definition) is 8. The zero-order valence-electron chi connectivity index (χ0n) is 16.8. The van der Waals surface area contributed by atoms with Crippen LogP contribution in [0.1, 0.15) is 18.4 Å². The monoisotopic (exact) mass is 406 g/mol. The van der Waals surface area contributed by atoms with Crippen LogP contribution in [0.15, 0.2) is 35.9 Å². The number of hydrogen-bond donors (Lipinski definition) is 1. The molecule has 0 bridgehead atoms. The van der Waals surface area contributed by atoms with Gasteiger partial charge in [0, 0.05) is 20.1 Å². The molecule has 2 rings (SSSR count). The average Bonchev–Trinajstić information content (AvgIpc) is 2.68. The van der Waals surface area contributed by atoms with Gasteiger partial charge in [0.2, 0.25) is 0 Å². The number of benzene rings is 1. The van der Waals surface area contributed by atoms with Crippen LogP contribution < -0.4 is 0 Å². The number of ether oxygens (including phenoxy) is 4. The number of phenolic OH excluding ortho intramolecular Hbond substituents is 1. The zero-order chi connectivity index (χ0) is 21.4. The number of carbonyl (C=O) groups is 3. The highest BCUT2D eigenvalue weighted by molar-refractivity contribution is 6.08. The molecular weight excluding hydrogens is 380 g/mol. The van der Waals surface area contributed by atoms with Crippen molar-refractivity contribution in [2.45, 2.75) is 12.8 Å². The van der Waals surface area contributed by atoms with E-state index >= 15 is 0 Å². The van der Waals surface area contributed by atoms with Crippen molar-refractivity contribution in [1.82, 2.24) is 0 Å². The van der Waals surface area contributed by atoms with Gasteiger partial charge in [-0.3, -0.25) is 14.4 Å². The lowest BCUT2D eigenvalue weighted by atomic mass is 9.68. The molecule has 0 aromatic heterocycles. The highest BCUT2D eigenvalue weighted by Gasteiger charge is 2.47. The molecule has 1 N–H and O–H groups in total. The number of ketones is 1. The summed E-state index contributed by atoms with van der Waals surface area (Å²) in [6.07, 6.45) is 1.29. The van der Waals surface area contributed by atoms with Gasteiger partial charge in [-0.1, -0.05) is 17.7 Å². The quantitative estimate of drug-likeness (QED) is 0.374. The Bertz CT molecular complexity index is 752. The molecule has 0 aliphatic heterocycles. The van der Waals surface area contributed by atoms with Gasteiger partial charge in [0.05, 0.1) is 19.1 Å². The van der Waals surface area contributed by atoms with Crippen LogP contribution in [0.4, 0.5) is 0 Å². The van der Waals surface area contributed by atoms with Crippen molar-refractivity contribution in [2.75, 3.05) is 40.6 Å². The molecule has 3 unspecified atom stereocenters. The lowest BCUT2D eigenvalue weighted by Crippen LogP contribution is -2.42. The van der Waals surface area contributed by atoms with Crippen LogP contribution in [-0.2, 0) is 33.3 Å². The normalized spacial score (nSPS) is 21.4. The Kier molecular flexibility index (Phi) is 8.35. The Morgan fingerprint density at radius 2 is 1.41 bits per heavy atom. The minimum Gasteiger partial charge on any atom is -0.508 e. The van der Waals surface area contributed by atoms with Crippen LogP contribution in [0.2, 0.25) is 0 Å². The zero-order valence-corrected chi connectivity index (χ0v) is 16.8. The molecule has 8 heteroatoms. The van der Waals surface area contributed by atoms with Crippen molar-refractivity contribution < 1.29 is 38.4 Å². The Morgan fingerprint density at radius 3 is 1.93 bits per heavy atom. The smallest absolute Gasteiger partial charge is 0.317 e. The third-order valence-electron chi connectivity index (χ3n) is 4.73. The number of methoxy groups -OCH3 is 2. The van der Waals surface area contributed by atoms with Crippen molar-refractivity contribution in [3.63, 3.8) is 0 Å². The molecule has 0 amide bonds. The molecule has 1 aromatic rings. The number of rotatable bonds is 9. The summed E-state index contributed by atoms with van der Waals surface area (Å²) in [6.45, 7) is 2.12. The van der Waals surface area contributed by atoms with E-state index in [9.17, 15) is 19.5 Å². The third-order valence-corrected chi connectivity index (χ3v) is 4.73. The van der Waals surface area contributed by atoms with E-state index in [2.05, 4.69) is 0 Å². The number of esters is 2. The van der Waals surface area contributed by atoms with E-state index in [1.165, 1.54) is 32.4 Å². The lowest BCUT2D eigenvalue weighted by Gasteiger charge is -2.34. The maximum atomic E-state index is 12.8. The van der Waals surface area contributed by atoms with Gasteiger partial charge in [0.1, 0.15) is 24.9 Å². The fourth-order valence-electron chi connectivity index (χ4n) is 3.36.